The fraction of sp³-hybridized carbons (Fsp3) is 0.143. The third-order valence-corrected chi connectivity index (χ3v) is 5.87. The normalized spacial score (nSPS) is 13.5. The summed E-state index contributed by atoms with van der Waals surface area (Å²) >= 11 is 6.40. The molecule has 9 heteroatoms. The topological polar surface area (TPSA) is 83.3 Å². The Bertz CT molecular complexity index is 468. The number of alkyl halides is 2. The van der Waals surface area contributed by atoms with Gasteiger partial charge in [-0.15, -0.1) is 0 Å². The van der Waals surface area contributed by atoms with Crippen molar-refractivity contribution in [1.82, 2.24) is 0 Å². The lowest BCUT2D eigenvalue weighted by molar-refractivity contribution is -0.385. The maximum atomic E-state index is 11.0. The standard InChI is InChI=1S/C7H4ClI2NO4S/c8-4-1-2-5(6(3-4)11(12)13)7(9,10)16(14)15/h1-3H,(H,14,15)/p-1. The van der Waals surface area contributed by atoms with Gasteiger partial charge in [0.05, 0.1) is 10.5 Å². The molecule has 0 aliphatic carbocycles. The van der Waals surface area contributed by atoms with Crippen LogP contribution in [0.15, 0.2) is 18.2 Å². The summed E-state index contributed by atoms with van der Waals surface area (Å²) in [4.78, 5) is 10.1. The van der Waals surface area contributed by atoms with E-state index in [9.17, 15) is 18.9 Å². The van der Waals surface area contributed by atoms with Gasteiger partial charge in [-0.1, -0.05) is 11.6 Å². The molecule has 1 rings (SSSR count). The Morgan fingerprint density at radius 1 is 1.44 bits per heavy atom. The summed E-state index contributed by atoms with van der Waals surface area (Å²) in [6.45, 7) is 0. The van der Waals surface area contributed by atoms with Crippen LogP contribution in [0.2, 0.25) is 5.02 Å². The van der Waals surface area contributed by atoms with Crippen molar-refractivity contribution in [3.8, 4) is 0 Å². The van der Waals surface area contributed by atoms with Crippen molar-refractivity contribution in [1.29, 1.82) is 0 Å². The van der Waals surface area contributed by atoms with E-state index in [1.807, 2.05) is 0 Å². The second-order valence-electron chi connectivity index (χ2n) is 2.67. The van der Waals surface area contributed by atoms with Crippen LogP contribution in [-0.2, 0) is 11.8 Å². The zero-order chi connectivity index (χ0) is 12.5. The Hall–Kier alpha value is 0.480. The summed E-state index contributed by atoms with van der Waals surface area (Å²) in [5.41, 5.74) is -0.211. The fourth-order valence-electron chi connectivity index (χ4n) is 0.992. The first-order valence-electron chi connectivity index (χ1n) is 3.68. The average Bonchev–Trinajstić information content (AvgIpc) is 2.16. The highest BCUT2D eigenvalue weighted by atomic mass is 127. The first-order chi connectivity index (χ1) is 7.26. The van der Waals surface area contributed by atoms with Gasteiger partial charge in [0.15, 0.2) is 0.760 Å². The lowest BCUT2D eigenvalue weighted by atomic mass is 10.2. The highest BCUT2D eigenvalue weighted by molar-refractivity contribution is 14.2. The largest absolute Gasteiger partial charge is 0.770 e. The molecule has 1 aromatic rings. The van der Waals surface area contributed by atoms with Crippen molar-refractivity contribution < 1.29 is 13.7 Å². The number of benzene rings is 1. The molecule has 88 valence electrons. The van der Waals surface area contributed by atoms with Crippen LogP contribution >= 0.6 is 56.8 Å². The van der Waals surface area contributed by atoms with Crippen molar-refractivity contribution in [3.05, 3.63) is 38.9 Å². The highest BCUT2D eigenvalue weighted by Crippen LogP contribution is 2.46. The van der Waals surface area contributed by atoms with Gasteiger partial charge in [-0.2, -0.15) is 0 Å². The molecule has 0 aliphatic heterocycles. The van der Waals surface area contributed by atoms with Gasteiger partial charge in [-0.25, -0.2) is 0 Å². The molecule has 0 aliphatic rings. The van der Waals surface area contributed by atoms with Crippen LogP contribution in [0.25, 0.3) is 0 Å². The van der Waals surface area contributed by atoms with Gasteiger partial charge in [0, 0.05) is 11.1 Å². The van der Waals surface area contributed by atoms with Crippen LogP contribution in [-0.4, -0.2) is 13.7 Å². The molecule has 1 atom stereocenters. The Labute approximate surface area is 126 Å². The number of halogens is 3. The smallest absolute Gasteiger partial charge is 0.277 e. The Kier molecular flexibility index (Phi) is 4.92. The first-order valence-corrected chi connectivity index (χ1v) is 7.29. The summed E-state index contributed by atoms with van der Waals surface area (Å²) in [6.07, 6.45) is 0. The fourth-order valence-corrected chi connectivity index (χ4v) is 2.42. The van der Waals surface area contributed by atoms with E-state index in [-0.39, 0.29) is 16.3 Å². The molecule has 0 fully saturated rings. The summed E-state index contributed by atoms with van der Waals surface area (Å²) in [5, 5.41) is 11.0. The third kappa shape index (κ3) is 3.03. The van der Waals surface area contributed by atoms with Crippen LogP contribution < -0.4 is 0 Å². The number of hydrogen-bond acceptors (Lipinski definition) is 4. The number of rotatable bonds is 3. The molecule has 0 heterocycles. The van der Waals surface area contributed by atoms with Crippen LogP contribution in [0.3, 0.4) is 0 Å². The van der Waals surface area contributed by atoms with E-state index in [2.05, 4.69) is 0 Å². The second-order valence-corrected chi connectivity index (χ2v) is 11.0. The molecule has 0 spiro atoms. The molecule has 1 aromatic carbocycles. The highest BCUT2D eigenvalue weighted by Gasteiger charge is 2.34. The van der Waals surface area contributed by atoms with Gasteiger partial charge in [0.1, 0.15) is 0 Å². The zero-order valence-corrected chi connectivity index (χ0v) is 13.2. The molecule has 1 unspecified atom stereocenters. The van der Waals surface area contributed by atoms with Crippen molar-refractivity contribution >= 4 is 73.6 Å². The minimum Gasteiger partial charge on any atom is -0.770 e. The van der Waals surface area contributed by atoms with E-state index in [1.54, 1.807) is 45.2 Å². The monoisotopic (exact) mass is 486 g/mol. The van der Waals surface area contributed by atoms with Gasteiger partial charge in [0.2, 0.25) is 0 Å². The summed E-state index contributed by atoms with van der Waals surface area (Å²) < 4.78 is 20.6. The van der Waals surface area contributed by atoms with Crippen LogP contribution in [0.1, 0.15) is 5.56 Å². The van der Waals surface area contributed by atoms with E-state index < -0.39 is 16.8 Å². The third-order valence-electron chi connectivity index (χ3n) is 1.68. The SMILES string of the molecule is O=[N+]([O-])c1cc(Cl)ccc1C(I)(I)S(=O)[O-]. The number of nitro benzene ring substituents is 1. The van der Waals surface area contributed by atoms with E-state index in [0.29, 0.717) is 0 Å². The predicted octanol–water partition coefficient (Wildman–Crippen LogP) is 3.11. The van der Waals surface area contributed by atoms with Gasteiger partial charge in [-0.05, 0) is 68.4 Å². The Morgan fingerprint density at radius 3 is 2.44 bits per heavy atom. The molecular formula is C7H3ClI2NO4S-. The van der Waals surface area contributed by atoms with Crippen LogP contribution in [0.4, 0.5) is 5.69 Å². The molecule has 16 heavy (non-hydrogen) atoms. The van der Waals surface area contributed by atoms with Gasteiger partial charge in [-0.3, -0.25) is 14.3 Å². The van der Waals surface area contributed by atoms with Crippen molar-refractivity contribution in [2.45, 2.75) is 0.760 Å². The van der Waals surface area contributed by atoms with E-state index in [1.165, 1.54) is 12.1 Å². The molecule has 0 amide bonds. The number of hydrogen-bond donors (Lipinski definition) is 0. The van der Waals surface area contributed by atoms with E-state index in [0.717, 1.165) is 6.07 Å². The van der Waals surface area contributed by atoms with Crippen LogP contribution in [0.5, 0.6) is 0 Å². The van der Waals surface area contributed by atoms with Gasteiger partial charge >= 0.3 is 0 Å². The number of nitrogens with zero attached hydrogens (tertiary/aromatic N) is 1. The van der Waals surface area contributed by atoms with Crippen molar-refractivity contribution in [2.75, 3.05) is 0 Å². The molecule has 0 radical (unpaired) electrons. The summed E-state index contributed by atoms with van der Waals surface area (Å²) in [5.74, 6) is 0. The molecule has 0 saturated carbocycles. The maximum absolute atomic E-state index is 11.0. The van der Waals surface area contributed by atoms with Crippen molar-refractivity contribution in [3.63, 3.8) is 0 Å². The minimum atomic E-state index is -2.48. The predicted molar refractivity (Wildman–Crippen MR) is 76.7 cm³/mol. The molecule has 0 saturated heterocycles. The van der Waals surface area contributed by atoms with E-state index >= 15 is 0 Å². The molecule has 0 bridgehead atoms. The minimum absolute atomic E-state index is 0.0939. The van der Waals surface area contributed by atoms with Gasteiger partial charge < -0.3 is 4.55 Å². The second kappa shape index (κ2) is 5.42. The van der Waals surface area contributed by atoms with Crippen LogP contribution in [0, 0.1) is 10.1 Å². The summed E-state index contributed by atoms with van der Waals surface area (Å²) in [7, 11) is 0. The van der Waals surface area contributed by atoms with Gasteiger partial charge in [0.25, 0.3) is 5.69 Å². The van der Waals surface area contributed by atoms with Crippen molar-refractivity contribution in [2.24, 2.45) is 0 Å². The number of nitro groups is 1. The quantitative estimate of drug-likeness (QED) is 0.216. The zero-order valence-electron chi connectivity index (χ0n) is 7.35. The molecule has 5 nitrogen and oxygen atoms in total. The molecule has 0 N–H and O–H groups in total. The Balaban J connectivity index is 3.45. The Morgan fingerprint density at radius 2 is 2.00 bits per heavy atom. The lowest BCUT2D eigenvalue weighted by Gasteiger charge is -2.23. The lowest BCUT2D eigenvalue weighted by Crippen LogP contribution is -2.17. The first kappa shape index (κ1) is 14.5. The molecule has 0 aromatic heterocycles. The molecular weight excluding hydrogens is 483 g/mol. The maximum Gasteiger partial charge on any atom is 0.277 e. The summed E-state index contributed by atoms with van der Waals surface area (Å²) in [6, 6.07) is 3.90. The average molecular weight is 486 g/mol. The van der Waals surface area contributed by atoms with E-state index in [4.69, 9.17) is 11.6 Å².